The number of hydrogen-bond donors (Lipinski definition) is 1. The Morgan fingerprint density at radius 1 is 1.33 bits per heavy atom. The van der Waals surface area contributed by atoms with Crippen molar-refractivity contribution in [1.29, 1.82) is 0 Å². The van der Waals surface area contributed by atoms with E-state index in [9.17, 15) is 0 Å². The van der Waals surface area contributed by atoms with E-state index in [-0.39, 0.29) is 0 Å². The largest absolute Gasteiger partial charge is 0.370 e. The standard InChI is InChI=1S/C15H25N3/c1-4-16-14-9-10-18(12-11-17(2)3)15-8-6-5-7-13(14)15/h5-8,14,16H,4,9-12H2,1-3H3. The smallest absolute Gasteiger partial charge is 0.0415 e. The molecule has 3 nitrogen and oxygen atoms in total. The molecule has 1 aliphatic heterocycles. The van der Waals surface area contributed by atoms with Crippen LogP contribution in [0.4, 0.5) is 5.69 Å². The third kappa shape index (κ3) is 3.03. The molecule has 3 heteroatoms. The molecule has 0 saturated heterocycles. The predicted molar refractivity (Wildman–Crippen MR) is 78.2 cm³/mol. The zero-order valence-corrected chi connectivity index (χ0v) is 11.8. The van der Waals surface area contributed by atoms with Gasteiger partial charge in [-0.05, 0) is 38.7 Å². The van der Waals surface area contributed by atoms with Gasteiger partial charge < -0.3 is 15.1 Å². The molecule has 1 atom stereocenters. The summed E-state index contributed by atoms with van der Waals surface area (Å²) in [5.41, 5.74) is 2.88. The van der Waals surface area contributed by atoms with E-state index in [1.807, 2.05) is 0 Å². The second-order valence-electron chi connectivity index (χ2n) is 5.25. The van der Waals surface area contributed by atoms with E-state index >= 15 is 0 Å². The molecule has 100 valence electrons. The molecule has 1 aromatic rings. The number of nitrogens with zero attached hydrogens (tertiary/aromatic N) is 2. The molecule has 0 aromatic heterocycles. The van der Waals surface area contributed by atoms with Crippen LogP contribution in [0.25, 0.3) is 0 Å². The Labute approximate surface area is 111 Å². The van der Waals surface area contributed by atoms with Crippen molar-refractivity contribution in [2.45, 2.75) is 19.4 Å². The lowest BCUT2D eigenvalue weighted by atomic mass is 9.96. The van der Waals surface area contributed by atoms with Crippen molar-refractivity contribution in [2.24, 2.45) is 0 Å². The van der Waals surface area contributed by atoms with Crippen LogP contribution in [0.2, 0.25) is 0 Å². The van der Waals surface area contributed by atoms with Crippen molar-refractivity contribution in [1.82, 2.24) is 10.2 Å². The molecule has 2 rings (SSSR count). The quantitative estimate of drug-likeness (QED) is 0.860. The molecule has 0 amide bonds. The van der Waals surface area contributed by atoms with E-state index in [2.05, 4.69) is 60.4 Å². The number of fused-ring (bicyclic) bond motifs is 1. The fourth-order valence-corrected chi connectivity index (χ4v) is 2.64. The number of rotatable bonds is 5. The number of hydrogen-bond acceptors (Lipinski definition) is 3. The summed E-state index contributed by atoms with van der Waals surface area (Å²) in [7, 11) is 4.27. The molecule has 0 saturated carbocycles. The van der Waals surface area contributed by atoms with Crippen LogP contribution in [-0.4, -0.2) is 45.2 Å². The van der Waals surface area contributed by atoms with Crippen LogP contribution in [-0.2, 0) is 0 Å². The molecule has 1 heterocycles. The molecule has 1 aliphatic rings. The van der Waals surface area contributed by atoms with Gasteiger partial charge in [0.1, 0.15) is 0 Å². The third-order valence-electron chi connectivity index (χ3n) is 3.61. The molecule has 0 bridgehead atoms. The number of anilines is 1. The van der Waals surface area contributed by atoms with Crippen molar-refractivity contribution >= 4 is 5.69 Å². The normalized spacial score (nSPS) is 19.1. The van der Waals surface area contributed by atoms with Gasteiger partial charge in [0.05, 0.1) is 0 Å². The lowest BCUT2D eigenvalue weighted by molar-refractivity contribution is 0.404. The zero-order valence-electron chi connectivity index (χ0n) is 11.8. The molecular weight excluding hydrogens is 222 g/mol. The number of para-hydroxylation sites is 1. The Morgan fingerprint density at radius 2 is 2.11 bits per heavy atom. The third-order valence-corrected chi connectivity index (χ3v) is 3.61. The van der Waals surface area contributed by atoms with Crippen LogP contribution >= 0.6 is 0 Å². The van der Waals surface area contributed by atoms with Crippen LogP contribution in [0.5, 0.6) is 0 Å². The summed E-state index contributed by atoms with van der Waals surface area (Å²) in [4.78, 5) is 4.77. The molecule has 18 heavy (non-hydrogen) atoms. The molecule has 0 fully saturated rings. The maximum atomic E-state index is 3.59. The van der Waals surface area contributed by atoms with Gasteiger partial charge in [-0.1, -0.05) is 25.1 Å². The van der Waals surface area contributed by atoms with E-state index in [0.29, 0.717) is 6.04 Å². The highest BCUT2D eigenvalue weighted by molar-refractivity contribution is 5.57. The minimum atomic E-state index is 0.529. The van der Waals surface area contributed by atoms with Gasteiger partial charge in [-0.3, -0.25) is 0 Å². The van der Waals surface area contributed by atoms with Crippen LogP contribution in [0, 0.1) is 0 Å². The highest BCUT2D eigenvalue weighted by Crippen LogP contribution is 2.33. The molecule has 1 aromatic carbocycles. The summed E-state index contributed by atoms with van der Waals surface area (Å²) in [6.45, 7) is 6.60. The number of benzene rings is 1. The first-order chi connectivity index (χ1) is 8.72. The molecule has 0 aliphatic carbocycles. The Bertz CT molecular complexity index is 376. The summed E-state index contributed by atoms with van der Waals surface area (Å²) < 4.78 is 0. The average molecular weight is 247 g/mol. The zero-order chi connectivity index (χ0) is 13.0. The molecule has 1 N–H and O–H groups in total. The molecule has 1 unspecified atom stereocenters. The maximum absolute atomic E-state index is 3.59. The SMILES string of the molecule is CCNC1CCN(CCN(C)C)c2ccccc21. The highest BCUT2D eigenvalue weighted by Gasteiger charge is 2.23. The van der Waals surface area contributed by atoms with Gasteiger partial charge in [-0.2, -0.15) is 0 Å². The van der Waals surface area contributed by atoms with Gasteiger partial charge in [0.25, 0.3) is 0 Å². The Kier molecular flexibility index (Phi) is 4.61. The summed E-state index contributed by atoms with van der Waals surface area (Å²) in [6.07, 6.45) is 1.21. The van der Waals surface area contributed by atoms with E-state index in [1.54, 1.807) is 0 Å². The molecule has 0 spiro atoms. The summed E-state index contributed by atoms with van der Waals surface area (Å²) in [5.74, 6) is 0. The first kappa shape index (κ1) is 13.4. The maximum Gasteiger partial charge on any atom is 0.0415 e. The predicted octanol–water partition coefficient (Wildman–Crippen LogP) is 2.11. The van der Waals surface area contributed by atoms with Crippen molar-refractivity contribution < 1.29 is 0 Å². The van der Waals surface area contributed by atoms with Crippen molar-refractivity contribution in [3.05, 3.63) is 29.8 Å². The second-order valence-corrected chi connectivity index (χ2v) is 5.25. The molecular formula is C15H25N3. The number of likely N-dealkylation sites (N-methyl/N-ethyl adjacent to an activating group) is 1. The highest BCUT2D eigenvalue weighted by atomic mass is 15.2. The van der Waals surface area contributed by atoms with E-state index in [0.717, 1.165) is 26.2 Å². The Morgan fingerprint density at radius 3 is 2.83 bits per heavy atom. The van der Waals surface area contributed by atoms with E-state index < -0.39 is 0 Å². The van der Waals surface area contributed by atoms with Crippen LogP contribution in [0.1, 0.15) is 24.9 Å². The lowest BCUT2D eigenvalue weighted by Crippen LogP contribution is -2.39. The van der Waals surface area contributed by atoms with Crippen LogP contribution < -0.4 is 10.2 Å². The number of nitrogens with one attached hydrogen (secondary N) is 1. The van der Waals surface area contributed by atoms with Gasteiger partial charge in [0.15, 0.2) is 0 Å². The van der Waals surface area contributed by atoms with Crippen LogP contribution in [0.3, 0.4) is 0 Å². The molecule has 0 radical (unpaired) electrons. The fraction of sp³-hybridized carbons (Fsp3) is 0.600. The van der Waals surface area contributed by atoms with Crippen molar-refractivity contribution in [3.8, 4) is 0 Å². The lowest BCUT2D eigenvalue weighted by Gasteiger charge is -2.36. The minimum Gasteiger partial charge on any atom is -0.370 e. The topological polar surface area (TPSA) is 18.5 Å². The van der Waals surface area contributed by atoms with Crippen LogP contribution in [0.15, 0.2) is 24.3 Å². The van der Waals surface area contributed by atoms with Crippen molar-refractivity contribution in [2.75, 3.05) is 45.2 Å². The van der Waals surface area contributed by atoms with Gasteiger partial charge in [-0.15, -0.1) is 0 Å². The fourth-order valence-electron chi connectivity index (χ4n) is 2.64. The summed E-state index contributed by atoms with van der Waals surface area (Å²) in [5, 5.41) is 3.59. The summed E-state index contributed by atoms with van der Waals surface area (Å²) >= 11 is 0. The average Bonchev–Trinajstić information content (AvgIpc) is 2.38. The first-order valence-electron chi connectivity index (χ1n) is 6.94. The van der Waals surface area contributed by atoms with Crippen molar-refractivity contribution in [3.63, 3.8) is 0 Å². The van der Waals surface area contributed by atoms with E-state index in [1.165, 1.54) is 17.7 Å². The summed E-state index contributed by atoms with van der Waals surface area (Å²) in [6, 6.07) is 9.36. The Hall–Kier alpha value is -1.06. The monoisotopic (exact) mass is 247 g/mol. The first-order valence-corrected chi connectivity index (χ1v) is 6.94. The van der Waals surface area contributed by atoms with Gasteiger partial charge in [0.2, 0.25) is 0 Å². The minimum absolute atomic E-state index is 0.529. The Balaban J connectivity index is 2.14. The van der Waals surface area contributed by atoms with Gasteiger partial charge in [0, 0.05) is 31.4 Å². The van der Waals surface area contributed by atoms with E-state index in [4.69, 9.17) is 0 Å². The van der Waals surface area contributed by atoms with Gasteiger partial charge >= 0.3 is 0 Å². The van der Waals surface area contributed by atoms with Gasteiger partial charge in [-0.25, -0.2) is 0 Å². The second kappa shape index (κ2) is 6.21.